The van der Waals surface area contributed by atoms with E-state index in [4.69, 9.17) is 0 Å². The molecule has 0 N–H and O–H groups in total. The molecule has 1 atom stereocenters. The lowest BCUT2D eigenvalue weighted by Crippen LogP contribution is -2.35. The maximum absolute atomic E-state index is 2.50. The maximum atomic E-state index is 2.50. The molecular weight excluding hydrogens is 131 g/mol. The topological polar surface area (TPSA) is 6.48 Å². The highest BCUT2D eigenvalue weighted by atomic mass is 31.1. The van der Waals surface area contributed by atoms with E-state index in [0.29, 0.717) is 0 Å². The van der Waals surface area contributed by atoms with Gasteiger partial charge in [0.15, 0.2) is 0 Å². The quantitative estimate of drug-likeness (QED) is 0.505. The van der Waals surface area contributed by atoms with E-state index in [0.717, 1.165) is 8.73 Å². The molecule has 0 aromatic rings. The predicted octanol–water partition coefficient (Wildman–Crippen LogP) is 0.805. The molecule has 3 heteroatoms. The molecule has 0 aromatic carbocycles. The van der Waals surface area contributed by atoms with Crippen LogP contribution in [0.25, 0.3) is 0 Å². The van der Waals surface area contributed by atoms with Gasteiger partial charge in [0.2, 0.25) is 0 Å². The van der Waals surface area contributed by atoms with Crippen LogP contribution in [0.3, 0.4) is 0 Å². The van der Waals surface area contributed by atoms with E-state index in [1.165, 1.54) is 25.9 Å². The Kier molecular flexibility index (Phi) is 2.90. The number of rotatable bonds is 1. The van der Waals surface area contributed by atoms with Gasteiger partial charge in [-0.2, -0.15) is 0 Å². The minimum atomic E-state index is 1.02. The summed E-state index contributed by atoms with van der Waals surface area (Å²) in [5.41, 5.74) is 0. The monoisotopic (exact) mass is 146 g/mol. The summed E-state index contributed by atoms with van der Waals surface area (Å²) in [6.45, 7) is 5.98. The Morgan fingerprint density at radius 2 is 2.22 bits per heavy atom. The van der Waals surface area contributed by atoms with Crippen LogP contribution in [0, 0.1) is 0 Å². The highest BCUT2D eigenvalue weighted by Crippen LogP contribution is 2.20. The Hall–Kier alpha value is 0.350. The fraction of sp³-hybridized carbons (Fsp3) is 1.00. The molecule has 1 fully saturated rings. The zero-order valence-corrected chi connectivity index (χ0v) is 7.22. The first-order valence-corrected chi connectivity index (χ1v) is 4.65. The summed E-state index contributed by atoms with van der Waals surface area (Å²) in [5.74, 6) is 0. The van der Waals surface area contributed by atoms with Crippen molar-refractivity contribution in [3.05, 3.63) is 0 Å². The molecular formula is C6H15N2P. The molecule has 54 valence electrons. The van der Waals surface area contributed by atoms with Gasteiger partial charge in [0, 0.05) is 19.4 Å². The second-order valence-corrected chi connectivity index (χ2v) is 3.84. The van der Waals surface area contributed by atoms with Crippen molar-refractivity contribution in [2.24, 2.45) is 0 Å². The highest BCUT2D eigenvalue weighted by molar-refractivity contribution is 7.35. The molecule has 1 heterocycles. The average molecular weight is 146 g/mol. The van der Waals surface area contributed by atoms with Gasteiger partial charge >= 0.3 is 0 Å². The summed E-state index contributed by atoms with van der Waals surface area (Å²) in [4.78, 5) is 2.50. The summed E-state index contributed by atoms with van der Waals surface area (Å²) in [7, 11) is 3.22. The smallest absolute Gasteiger partial charge is 0.0290 e. The molecule has 9 heavy (non-hydrogen) atoms. The van der Waals surface area contributed by atoms with Crippen molar-refractivity contribution in [2.75, 3.05) is 33.0 Å². The van der Waals surface area contributed by atoms with E-state index in [1.807, 2.05) is 0 Å². The zero-order chi connectivity index (χ0) is 6.69. The maximum Gasteiger partial charge on any atom is 0.0290 e. The van der Waals surface area contributed by atoms with Gasteiger partial charge < -0.3 is 0 Å². The van der Waals surface area contributed by atoms with Gasteiger partial charge in [0.1, 0.15) is 0 Å². The van der Waals surface area contributed by atoms with E-state index in [2.05, 4.69) is 23.5 Å². The van der Waals surface area contributed by atoms with Crippen molar-refractivity contribution >= 4 is 8.73 Å². The number of hydrogen-bond donors (Lipinski definition) is 0. The van der Waals surface area contributed by atoms with Crippen LogP contribution < -0.4 is 0 Å². The van der Waals surface area contributed by atoms with Crippen LogP contribution in [0.4, 0.5) is 0 Å². The first-order valence-electron chi connectivity index (χ1n) is 3.50. The van der Waals surface area contributed by atoms with Crippen molar-refractivity contribution in [2.45, 2.75) is 6.92 Å². The van der Waals surface area contributed by atoms with Crippen molar-refractivity contribution in [1.29, 1.82) is 0 Å². The van der Waals surface area contributed by atoms with Gasteiger partial charge in [-0.1, -0.05) is 6.92 Å². The van der Waals surface area contributed by atoms with Gasteiger partial charge in [0.25, 0.3) is 0 Å². The third-order valence-corrected chi connectivity index (χ3v) is 3.12. The Balaban J connectivity index is 2.18. The van der Waals surface area contributed by atoms with Gasteiger partial charge in [-0.25, -0.2) is 0 Å². The Bertz CT molecular complexity index is 79.1. The van der Waals surface area contributed by atoms with Crippen LogP contribution >= 0.6 is 8.73 Å². The van der Waals surface area contributed by atoms with E-state index < -0.39 is 0 Å². The van der Waals surface area contributed by atoms with Crippen molar-refractivity contribution in [1.82, 2.24) is 9.57 Å². The Morgan fingerprint density at radius 3 is 2.67 bits per heavy atom. The van der Waals surface area contributed by atoms with Gasteiger partial charge in [0.05, 0.1) is 0 Å². The van der Waals surface area contributed by atoms with E-state index in [9.17, 15) is 0 Å². The van der Waals surface area contributed by atoms with E-state index >= 15 is 0 Å². The average Bonchev–Trinajstić information content (AvgIpc) is 1.90. The fourth-order valence-corrected chi connectivity index (χ4v) is 2.02. The highest BCUT2D eigenvalue weighted by Gasteiger charge is 2.10. The molecule has 2 nitrogen and oxygen atoms in total. The summed E-state index contributed by atoms with van der Waals surface area (Å²) in [5, 5.41) is 0. The number of likely N-dealkylation sites (N-methyl/N-ethyl adjacent to an activating group) is 2. The third-order valence-electron chi connectivity index (χ3n) is 1.76. The number of hydrogen-bond acceptors (Lipinski definition) is 2. The second kappa shape index (κ2) is 3.50. The lowest BCUT2D eigenvalue weighted by molar-refractivity contribution is 0.289. The number of nitrogens with zero attached hydrogens (tertiary/aromatic N) is 2. The summed E-state index contributed by atoms with van der Waals surface area (Å²) >= 11 is 0. The van der Waals surface area contributed by atoms with Crippen molar-refractivity contribution < 1.29 is 0 Å². The molecule has 0 radical (unpaired) electrons. The molecule has 1 aliphatic rings. The lowest BCUT2D eigenvalue weighted by atomic mass is 10.5. The molecule has 0 saturated carbocycles. The SMILES string of the molecule is CCN1CCN(C)PC1. The minimum Gasteiger partial charge on any atom is -0.297 e. The van der Waals surface area contributed by atoms with Gasteiger partial charge in [-0.3, -0.25) is 9.57 Å². The predicted molar refractivity (Wildman–Crippen MR) is 43.1 cm³/mol. The van der Waals surface area contributed by atoms with Crippen molar-refractivity contribution in [3.8, 4) is 0 Å². The van der Waals surface area contributed by atoms with Gasteiger partial charge in [-0.15, -0.1) is 0 Å². The molecule has 0 amide bonds. The summed E-state index contributed by atoms with van der Waals surface area (Å²) in [6.07, 6.45) is 1.28. The van der Waals surface area contributed by atoms with E-state index in [1.54, 1.807) is 0 Å². The molecule has 0 aliphatic carbocycles. The largest absolute Gasteiger partial charge is 0.297 e. The molecule has 0 spiro atoms. The zero-order valence-electron chi connectivity index (χ0n) is 6.22. The van der Waals surface area contributed by atoms with Crippen LogP contribution in [0.1, 0.15) is 6.92 Å². The molecule has 1 aliphatic heterocycles. The first-order chi connectivity index (χ1) is 4.33. The summed E-state index contributed by atoms with van der Waals surface area (Å²) < 4.78 is 2.41. The van der Waals surface area contributed by atoms with Crippen LogP contribution in [0.2, 0.25) is 0 Å². The van der Waals surface area contributed by atoms with E-state index in [-0.39, 0.29) is 0 Å². The van der Waals surface area contributed by atoms with Crippen LogP contribution in [-0.4, -0.2) is 42.5 Å². The van der Waals surface area contributed by atoms with Crippen LogP contribution in [0.5, 0.6) is 0 Å². The van der Waals surface area contributed by atoms with Crippen LogP contribution in [0.15, 0.2) is 0 Å². The fourth-order valence-electron chi connectivity index (χ4n) is 0.940. The normalized spacial score (nSPS) is 27.3. The first kappa shape index (κ1) is 7.46. The Labute approximate surface area is 59.0 Å². The molecule has 1 saturated heterocycles. The van der Waals surface area contributed by atoms with Crippen LogP contribution in [-0.2, 0) is 0 Å². The standard InChI is InChI=1S/C6H15N2P/c1-3-8-5-4-7(2)9-6-8/h9H,3-6H2,1-2H3. The molecule has 0 aromatic heterocycles. The molecule has 0 bridgehead atoms. The second-order valence-electron chi connectivity index (χ2n) is 2.45. The van der Waals surface area contributed by atoms with Gasteiger partial charge in [-0.05, 0) is 22.3 Å². The lowest BCUT2D eigenvalue weighted by Gasteiger charge is -2.31. The third kappa shape index (κ3) is 2.21. The van der Waals surface area contributed by atoms with Crippen molar-refractivity contribution in [3.63, 3.8) is 0 Å². The molecule has 1 rings (SSSR count). The summed E-state index contributed by atoms with van der Waals surface area (Å²) in [6, 6.07) is 0. The molecule has 1 unspecified atom stereocenters. The minimum absolute atomic E-state index is 1.02. The Morgan fingerprint density at radius 1 is 1.44 bits per heavy atom.